The monoisotopic (exact) mass is 413 g/mol. The summed E-state index contributed by atoms with van der Waals surface area (Å²) in [4.78, 5) is 5.02. The maximum absolute atomic E-state index is 9.82. The summed E-state index contributed by atoms with van der Waals surface area (Å²) >= 11 is 1.97. The van der Waals surface area contributed by atoms with Crippen molar-refractivity contribution in [3.8, 4) is 28.3 Å². The van der Waals surface area contributed by atoms with Crippen molar-refractivity contribution in [3.63, 3.8) is 0 Å². The Morgan fingerprint density at radius 2 is 1.63 bits per heavy atom. The number of phenolic OH excluding ortho intramolecular Hbond substituents is 1. The number of phenols is 1. The van der Waals surface area contributed by atoms with Gasteiger partial charge in [-0.05, 0) is 36.3 Å². The molecule has 0 spiro atoms. The minimum Gasteiger partial charge on any atom is -0.508 e. The van der Waals surface area contributed by atoms with Gasteiger partial charge >= 0.3 is 0 Å². The second kappa shape index (κ2) is 8.41. The Morgan fingerprint density at radius 1 is 0.900 bits per heavy atom. The van der Waals surface area contributed by atoms with Crippen molar-refractivity contribution >= 4 is 11.8 Å². The minimum absolute atomic E-state index is 0.261. The third-order valence-electron chi connectivity index (χ3n) is 5.60. The Morgan fingerprint density at radius 3 is 2.37 bits per heavy atom. The summed E-state index contributed by atoms with van der Waals surface area (Å²) in [6.45, 7) is 0. The molecule has 1 aromatic heterocycles. The molecule has 1 fully saturated rings. The van der Waals surface area contributed by atoms with E-state index in [1.165, 1.54) is 0 Å². The molecule has 1 N–H and O–H groups in total. The first kappa shape index (κ1) is 19.0. The standard InChI is InChI=1S/C26H23NO2S/c28-21-13-7-8-18(16-21)17-23-22(14-15-30-23)26-27-24(19-9-3-1-4-10-19)25(29-26)20-11-5-2-6-12-20/h1-13,16,22-23,28H,14-15,17H2. The van der Waals surface area contributed by atoms with Crippen molar-refractivity contribution in [3.05, 3.63) is 96.4 Å². The van der Waals surface area contributed by atoms with Crippen molar-refractivity contribution in [2.24, 2.45) is 0 Å². The third-order valence-corrected chi connectivity index (χ3v) is 7.00. The Kier molecular flexibility index (Phi) is 5.33. The summed E-state index contributed by atoms with van der Waals surface area (Å²) in [5, 5.41) is 10.2. The zero-order chi connectivity index (χ0) is 20.3. The molecule has 30 heavy (non-hydrogen) atoms. The van der Waals surface area contributed by atoms with Gasteiger partial charge < -0.3 is 9.52 Å². The highest BCUT2D eigenvalue weighted by molar-refractivity contribution is 8.00. The maximum atomic E-state index is 9.82. The maximum Gasteiger partial charge on any atom is 0.199 e. The quantitative estimate of drug-likeness (QED) is 0.403. The molecule has 4 heteroatoms. The molecule has 3 nitrogen and oxygen atoms in total. The van der Waals surface area contributed by atoms with E-state index in [9.17, 15) is 5.11 Å². The summed E-state index contributed by atoms with van der Waals surface area (Å²) in [6.07, 6.45) is 1.95. The van der Waals surface area contributed by atoms with Gasteiger partial charge in [0.25, 0.3) is 0 Å². The second-order valence-electron chi connectivity index (χ2n) is 7.64. The number of aromatic hydroxyl groups is 1. The van der Waals surface area contributed by atoms with E-state index >= 15 is 0 Å². The molecule has 1 aliphatic rings. The van der Waals surface area contributed by atoms with Crippen LogP contribution in [-0.4, -0.2) is 21.1 Å². The zero-order valence-electron chi connectivity index (χ0n) is 16.6. The lowest BCUT2D eigenvalue weighted by atomic mass is 9.96. The van der Waals surface area contributed by atoms with Crippen LogP contribution in [0, 0.1) is 0 Å². The van der Waals surface area contributed by atoms with Crippen molar-refractivity contribution < 1.29 is 9.52 Å². The van der Waals surface area contributed by atoms with Crippen LogP contribution in [-0.2, 0) is 6.42 Å². The van der Waals surface area contributed by atoms with Crippen molar-refractivity contribution in [1.82, 2.24) is 4.98 Å². The summed E-state index contributed by atoms with van der Waals surface area (Å²) in [5.74, 6) is 3.34. The molecular weight excluding hydrogens is 390 g/mol. The molecule has 0 radical (unpaired) electrons. The molecule has 2 unspecified atom stereocenters. The van der Waals surface area contributed by atoms with Gasteiger partial charge in [0, 0.05) is 22.3 Å². The van der Waals surface area contributed by atoms with Crippen LogP contribution in [0.25, 0.3) is 22.6 Å². The molecule has 2 atom stereocenters. The molecule has 2 heterocycles. The van der Waals surface area contributed by atoms with Crippen LogP contribution in [0.2, 0.25) is 0 Å². The summed E-state index contributed by atoms with van der Waals surface area (Å²) in [7, 11) is 0. The molecule has 0 aliphatic carbocycles. The van der Waals surface area contributed by atoms with E-state index in [0.717, 1.165) is 52.6 Å². The Labute approximate surface area is 180 Å². The van der Waals surface area contributed by atoms with Gasteiger partial charge in [0.1, 0.15) is 11.4 Å². The van der Waals surface area contributed by atoms with E-state index < -0.39 is 0 Å². The van der Waals surface area contributed by atoms with Crippen LogP contribution in [0.1, 0.15) is 23.8 Å². The average Bonchev–Trinajstić information content (AvgIpc) is 3.42. The predicted molar refractivity (Wildman–Crippen MR) is 123 cm³/mol. The first-order chi connectivity index (χ1) is 14.8. The molecule has 0 amide bonds. The molecule has 5 rings (SSSR count). The van der Waals surface area contributed by atoms with Crippen LogP contribution in [0.5, 0.6) is 5.75 Å². The topological polar surface area (TPSA) is 46.3 Å². The lowest BCUT2D eigenvalue weighted by Gasteiger charge is -2.16. The SMILES string of the molecule is Oc1cccc(CC2SCCC2c2nc(-c3ccccc3)c(-c3ccccc3)o2)c1. The van der Waals surface area contributed by atoms with Crippen molar-refractivity contribution in [2.75, 3.05) is 5.75 Å². The van der Waals surface area contributed by atoms with Crippen LogP contribution in [0.3, 0.4) is 0 Å². The number of benzene rings is 3. The Balaban J connectivity index is 1.51. The van der Waals surface area contributed by atoms with E-state index in [1.54, 1.807) is 6.07 Å². The normalized spacial score (nSPS) is 18.5. The molecular formula is C26H23NO2S. The van der Waals surface area contributed by atoms with Gasteiger partial charge in [0.15, 0.2) is 11.7 Å². The fraction of sp³-hybridized carbons (Fsp3) is 0.192. The number of rotatable bonds is 5. The zero-order valence-corrected chi connectivity index (χ0v) is 17.4. The molecule has 3 aromatic carbocycles. The van der Waals surface area contributed by atoms with E-state index in [0.29, 0.717) is 11.0 Å². The molecule has 0 bridgehead atoms. The van der Waals surface area contributed by atoms with Crippen LogP contribution in [0.4, 0.5) is 0 Å². The van der Waals surface area contributed by atoms with Gasteiger partial charge in [-0.3, -0.25) is 0 Å². The number of thioether (sulfide) groups is 1. The van der Waals surface area contributed by atoms with Crippen LogP contribution < -0.4 is 0 Å². The number of hydrogen-bond acceptors (Lipinski definition) is 4. The smallest absolute Gasteiger partial charge is 0.199 e. The molecule has 1 saturated heterocycles. The van der Waals surface area contributed by atoms with Gasteiger partial charge in [0.2, 0.25) is 0 Å². The summed E-state index contributed by atoms with van der Waals surface area (Å²) in [5.41, 5.74) is 4.18. The van der Waals surface area contributed by atoms with Gasteiger partial charge in [-0.25, -0.2) is 4.98 Å². The highest BCUT2D eigenvalue weighted by Crippen LogP contribution is 2.44. The molecule has 0 saturated carbocycles. The third kappa shape index (κ3) is 3.88. The summed E-state index contributed by atoms with van der Waals surface area (Å²) in [6, 6.07) is 28.0. The van der Waals surface area contributed by atoms with Gasteiger partial charge in [0.05, 0.1) is 0 Å². The van der Waals surface area contributed by atoms with E-state index in [4.69, 9.17) is 9.40 Å². The molecule has 4 aromatic rings. The van der Waals surface area contributed by atoms with Crippen LogP contribution in [0.15, 0.2) is 89.3 Å². The second-order valence-corrected chi connectivity index (χ2v) is 8.99. The first-order valence-corrected chi connectivity index (χ1v) is 11.3. The van der Waals surface area contributed by atoms with Crippen molar-refractivity contribution in [2.45, 2.75) is 24.0 Å². The fourth-order valence-corrected chi connectivity index (χ4v) is 5.61. The Hall–Kier alpha value is -2.98. The lowest BCUT2D eigenvalue weighted by Crippen LogP contribution is -2.13. The van der Waals surface area contributed by atoms with E-state index in [1.807, 2.05) is 60.3 Å². The predicted octanol–water partition coefficient (Wildman–Crippen LogP) is 6.55. The van der Waals surface area contributed by atoms with Gasteiger partial charge in [-0.1, -0.05) is 72.8 Å². The largest absolute Gasteiger partial charge is 0.508 e. The van der Waals surface area contributed by atoms with E-state index in [2.05, 4.69) is 30.3 Å². The first-order valence-electron chi connectivity index (χ1n) is 10.3. The van der Waals surface area contributed by atoms with Crippen molar-refractivity contribution in [1.29, 1.82) is 0 Å². The Bertz CT molecular complexity index is 1070. The van der Waals surface area contributed by atoms with Gasteiger partial charge in [-0.15, -0.1) is 0 Å². The van der Waals surface area contributed by atoms with Gasteiger partial charge in [-0.2, -0.15) is 11.8 Å². The average molecular weight is 414 g/mol. The number of nitrogens with zero attached hydrogens (tertiary/aromatic N) is 1. The highest BCUT2D eigenvalue weighted by Gasteiger charge is 2.34. The van der Waals surface area contributed by atoms with E-state index in [-0.39, 0.29) is 5.92 Å². The van der Waals surface area contributed by atoms with Crippen LogP contribution >= 0.6 is 11.8 Å². The highest BCUT2D eigenvalue weighted by atomic mass is 32.2. The molecule has 1 aliphatic heterocycles. The fourth-order valence-electron chi connectivity index (χ4n) is 4.12. The number of aromatic nitrogens is 1. The number of hydrogen-bond donors (Lipinski definition) is 1. The lowest BCUT2D eigenvalue weighted by molar-refractivity contribution is 0.446. The minimum atomic E-state index is 0.261. The molecule has 150 valence electrons. The number of oxazole rings is 1. The summed E-state index contributed by atoms with van der Waals surface area (Å²) < 4.78 is 6.46.